The van der Waals surface area contributed by atoms with Crippen LogP contribution < -0.4 is 15.6 Å². The lowest BCUT2D eigenvalue weighted by Gasteiger charge is -2.10. The number of carbonyl (C=O) groups is 1. The molecule has 0 aliphatic carbocycles. The number of benzene rings is 1. The van der Waals surface area contributed by atoms with E-state index in [1.54, 1.807) is 18.2 Å². The average molecular weight is 321 g/mol. The van der Waals surface area contributed by atoms with Crippen LogP contribution in [0.1, 0.15) is 27.2 Å². The van der Waals surface area contributed by atoms with E-state index in [0.717, 1.165) is 11.3 Å². The number of hydrogen-bond acceptors (Lipinski definition) is 3. The molecule has 0 bridgehead atoms. The van der Waals surface area contributed by atoms with Gasteiger partial charge in [-0.2, -0.15) is 0 Å². The van der Waals surface area contributed by atoms with Gasteiger partial charge in [-0.25, -0.2) is 0 Å². The first-order chi connectivity index (χ1) is 10.4. The molecule has 0 saturated carbocycles. The molecule has 0 saturated heterocycles. The van der Waals surface area contributed by atoms with Gasteiger partial charge in [-0.3, -0.25) is 9.59 Å². The Labute approximate surface area is 133 Å². The molecule has 6 heteroatoms. The zero-order chi connectivity index (χ0) is 16.3. The molecule has 0 atom stereocenters. The summed E-state index contributed by atoms with van der Waals surface area (Å²) >= 11 is 6.12. The lowest BCUT2D eigenvalue weighted by molar-refractivity contribution is 0.0950. The number of halogens is 1. The third-order valence-electron chi connectivity index (χ3n) is 3.35. The summed E-state index contributed by atoms with van der Waals surface area (Å²) in [6.45, 7) is 3.78. The predicted octanol–water partition coefficient (Wildman–Crippen LogP) is 2.58. The fourth-order valence-corrected chi connectivity index (χ4v) is 2.50. The Kier molecular flexibility index (Phi) is 4.88. The van der Waals surface area contributed by atoms with Crippen LogP contribution in [-0.2, 0) is 6.54 Å². The second-order valence-electron chi connectivity index (χ2n) is 4.95. The van der Waals surface area contributed by atoms with Gasteiger partial charge in [0.1, 0.15) is 5.75 Å². The molecule has 1 amide bonds. The summed E-state index contributed by atoms with van der Waals surface area (Å²) in [5.41, 5.74) is 2.25. The van der Waals surface area contributed by atoms with Crippen molar-refractivity contribution in [3.63, 3.8) is 0 Å². The van der Waals surface area contributed by atoms with Crippen LogP contribution in [0.5, 0.6) is 5.75 Å². The number of amides is 1. The quantitative estimate of drug-likeness (QED) is 0.909. The van der Waals surface area contributed by atoms with Gasteiger partial charge in [0.25, 0.3) is 11.5 Å². The SMILES string of the molecule is COc1cccc(C(=O)NCc2c(C)cc(C)[nH]c2=O)c1Cl. The summed E-state index contributed by atoms with van der Waals surface area (Å²) in [5.74, 6) is 0.0713. The van der Waals surface area contributed by atoms with E-state index in [4.69, 9.17) is 16.3 Å². The van der Waals surface area contributed by atoms with Crippen molar-refractivity contribution in [2.45, 2.75) is 20.4 Å². The highest BCUT2D eigenvalue weighted by atomic mass is 35.5. The molecule has 0 spiro atoms. The summed E-state index contributed by atoms with van der Waals surface area (Å²) in [5, 5.41) is 2.96. The molecule has 0 fully saturated rings. The lowest BCUT2D eigenvalue weighted by Crippen LogP contribution is -2.28. The van der Waals surface area contributed by atoms with Crippen LogP contribution in [0.3, 0.4) is 0 Å². The standard InChI is InChI=1S/C16H17ClN2O3/c1-9-7-10(2)19-16(21)12(9)8-18-15(20)11-5-4-6-13(22-3)14(11)17/h4-7H,8H2,1-3H3,(H,18,20)(H,19,21). The first-order valence-corrected chi connectivity index (χ1v) is 7.12. The fraction of sp³-hybridized carbons (Fsp3) is 0.250. The number of aromatic nitrogens is 1. The maximum absolute atomic E-state index is 12.2. The maximum atomic E-state index is 12.2. The Bertz CT molecular complexity index is 768. The molecule has 2 aromatic rings. The molecule has 0 radical (unpaired) electrons. The number of methoxy groups -OCH3 is 1. The molecule has 22 heavy (non-hydrogen) atoms. The first-order valence-electron chi connectivity index (χ1n) is 6.74. The largest absolute Gasteiger partial charge is 0.495 e. The molecule has 116 valence electrons. The highest BCUT2D eigenvalue weighted by molar-refractivity contribution is 6.35. The van der Waals surface area contributed by atoms with Gasteiger partial charge in [-0.05, 0) is 37.6 Å². The predicted molar refractivity (Wildman–Crippen MR) is 85.7 cm³/mol. The topological polar surface area (TPSA) is 71.2 Å². The second-order valence-corrected chi connectivity index (χ2v) is 5.33. The molecular weight excluding hydrogens is 304 g/mol. The van der Waals surface area contributed by atoms with E-state index in [1.807, 2.05) is 19.9 Å². The molecule has 1 aromatic carbocycles. The van der Waals surface area contributed by atoms with E-state index < -0.39 is 0 Å². The van der Waals surface area contributed by atoms with Crippen molar-refractivity contribution >= 4 is 17.5 Å². The van der Waals surface area contributed by atoms with Gasteiger partial charge < -0.3 is 15.0 Å². The number of ether oxygens (including phenoxy) is 1. The van der Waals surface area contributed by atoms with Gasteiger partial charge in [0.05, 0.1) is 17.7 Å². The van der Waals surface area contributed by atoms with Crippen LogP contribution in [0.15, 0.2) is 29.1 Å². The summed E-state index contributed by atoms with van der Waals surface area (Å²) in [7, 11) is 1.48. The van der Waals surface area contributed by atoms with Crippen molar-refractivity contribution in [2.75, 3.05) is 7.11 Å². The molecule has 0 aliphatic rings. The Morgan fingerprint density at radius 3 is 2.73 bits per heavy atom. The van der Waals surface area contributed by atoms with E-state index in [2.05, 4.69) is 10.3 Å². The van der Waals surface area contributed by atoms with Gasteiger partial charge >= 0.3 is 0 Å². The highest BCUT2D eigenvalue weighted by Crippen LogP contribution is 2.27. The molecular formula is C16H17ClN2O3. The van der Waals surface area contributed by atoms with Gasteiger partial charge in [-0.1, -0.05) is 17.7 Å². The van der Waals surface area contributed by atoms with Crippen LogP contribution in [-0.4, -0.2) is 18.0 Å². The molecule has 2 rings (SSSR count). The van der Waals surface area contributed by atoms with Gasteiger partial charge in [0.15, 0.2) is 0 Å². The van der Waals surface area contributed by atoms with E-state index in [9.17, 15) is 9.59 Å². The van der Waals surface area contributed by atoms with E-state index >= 15 is 0 Å². The highest BCUT2D eigenvalue weighted by Gasteiger charge is 2.14. The van der Waals surface area contributed by atoms with Crippen LogP contribution in [0, 0.1) is 13.8 Å². The zero-order valence-corrected chi connectivity index (χ0v) is 13.4. The molecule has 5 nitrogen and oxygen atoms in total. The lowest BCUT2D eigenvalue weighted by atomic mass is 10.1. The maximum Gasteiger partial charge on any atom is 0.253 e. The van der Waals surface area contributed by atoms with Crippen molar-refractivity contribution in [1.82, 2.24) is 10.3 Å². The number of pyridine rings is 1. The van der Waals surface area contributed by atoms with Gasteiger partial charge in [0, 0.05) is 17.8 Å². The number of rotatable bonds is 4. The van der Waals surface area contributed by atoms with Crippen molar-refractivity contribution in [2.24, 2.45) is 0 Å². The van der Waals surface area contributed by atoms with Crippen LogP contribution in [0.25, 0.3) is 0 Å². The summed E-state index contributed by atoms with van der Waals surface area (Å²) in [6, 6.07) is 6.82. The van der Waals surface area contributed by atoms with Crippen LogP contribution in [0.2, 0.25) is 5.02 Å². The molecule has 0 aliphatic heterocycles. The number of nitrogens with one attached hydrogen (secondary N) is 2. The minimum absolute atomic E-state index is 0.133. The van der Waals surface area contributed by atoms with Crippen molar-refractivity contribution in [3.8, 4) is 5.75 Å². The molecule has 1 heterocycles. The van der Waals surface area contributed by atoms with Crippen molar-refractivity contribution in [1.29, 1.82) is 0 Å². The zero-order valence-electron chi connectivity index (χ0n) is 12.6. The Balaban J connectivity index is 2.19. The fourth-order valence-electron chi connectivity index (χ4n) is 2.21. The van der Waals surface area contributed by atoms with Crippen LogP contribution >= 0.6 is 11.6 Å². The van der Waals surface area contributed by atoms with Crippen molar-refractivity contribution < 1.29 is 9.53 Å². The average Bonchev–Trinajstić information content (AvgIpc) is 2.46. The minimum atomic E-state index is -0.358. The number of aromatic amines is 1. The normalized spacial score (nSPS) is 10.4. The second kappa shape index (κ2) is 6.66. The Morgan fingerprint density at radius 2 is 2.09 bits per heavy atom. The van der Waals surface area contributed by atoms with Gasteiger partial charge in [-0.15, -0.1) is 0 Å². The Morgan fingerprint density at radius 1 is 1.36 bits per heavy atom. The van der Waals surface area contributed by atoms with Crippen LogP contribution in [0.4, 0.5) is 0 Å². The molecule has 1 aromatic heterocycles. The number of hydrogen-bond donors (Lipinski definition) is 2. The minimum Gasteiger partial charge on any atom is -0.495 e. The van der Waals surface area contributed by atoms with Gasteiger partial charge in [0.2, 0.25) is 0 Å². The van der Waals surface area contributed by atoms with E-state index in [0.29, 0.717) is 16.9 Å². The summed E-state index contributed by atoms with van der Waals surface area (Å²) in [6.07, 6.45) is 0. The van der Waals surface area contributed by atoms with E-state index in [1.165, 1.54) is 7.11 Å². The number of aryl methyl sites for hydroxylation is 2. The summed E-state index contributed by atoms with van der Waals surface area (Å²) in [4.78, 5) is 26.9. The third kappa shape index (κ3) is 3.31. The number of carbonyl (C=O) groups excluding carboxylic acids is 1. The molecule has 2 N–H and O–H groups in total. The first kappa shape index (κ1) is 16.1. The molecule has 0 unspecified atom stereocenters. The van der Waals surface area contributed by atoms with Crippen molar-refractivity contribution in [3.05, 3.63) is 62.0 Å². The van der Waals surface area contributed by atoms with E-state index in [-0.39, 0.29) is 23.0 Å². The number of H-pyrrole nitrogens is 1. The summed E-state index contributed by atoms with van der Waals surface area (Å²) < 4.78 is 5.08. The Hall–Kier alpha value is -2.27. The monoisotopic (exact) mass is 320 g/mol. The smallest absolute Gasteiger partial charge is 0.253 e. The third-order valence-corrected chi connectivity index (χ3v) is 3.74.